The van der Waals surface area contributed by atoms with Gasteiger partial charge in [0.25, 0.3) is 10.0 Å². The average Bonchev–Trinajstić information content (AvgIpc) is 2.94. The molecule has 2 heterocycles. The first-order valence-corrected chi connectivity index (χ1v) is 13.4. The number of anilines is 1. The second-order valence-electron chi connectivity index (χ2n) is 8.72. The summed E-state index contributed by atoms with van der Waals surface area (Å²) in [5, 5.41) is 0.969. The summed E-state index contributed by atoms with van der Waals surface area (Å²) < 4.78 is 39.9. The van der Waals surface area contributed by atoms with Gasteiger partial charge >= 0.3 is 0 Å². The van der Waals surface area contributed by atoms with Crippen molar-refractivity contribution in [3.05, 3.63) is 102 Å². The molecule has 1 N–H and O–H groups in total. The fourth-order valence-electron chi connectivity index (χ4n) is 4.31. The van der Waals surface area contributed by atoms with Crippen LogP contribution < -0.4 is 14.2 Å². The lowest BCUT2D eigenvalue weighted by atomic mass is 9.97. The molecule has 0 bridgehead atoms. The zero-order valence-electron chi connectivity index (χ0n) is 21.2. The van der Waals surface area contributed by atoms with Gasteiger partial charge in [-0.25, -0.2) is 18.4 Å². The van der Waals surface area contributed by atoms with Crippen molar-refractivity contribution < 1.29 is 17.9 Å². The first-order chi connectivity index (χ1) is 18.4. The van der Waals surface area contributed by atoms with E-state index in [1.54, 1.807) is 69.2 Å². The summed E-state index contributed by atoms with van der Waals surface area (Å²) >= 11 is 0. The number of hydrogen-bond donors (Lipinski definition) is 1. The zero-order valence-corrected chi connectivity index (χ0v) is 22.0. The highest BCUT2D eigenvalue weighted by Crippen LogP contribution is 2.34. The van der Waals surface area contributed by atoms with Gasteiger partial charge in [0.2, 0.25) is 0 Å². The van der Waals surface area contributed by atoms with Crippen molar-refractivity contribution in [2.75, 3.05) is 18.9 Å². The molecule has 0 unspecified atom stereocenters. The van der Waals surface area contributed by atoms with Gasteiger partial charge in [-0.1, -0.05) is 18.2 Å². The predicted octanol–water partition coefficient (Wildman–Crippen LogP) is 5.41. The fraction of sp³-hybridized carbons (Fsp3) is 0.138. The van der Waals surface area contributed by atoms with E-state index >= 15 is 0 Å². The Hall–Kier alpha value is -4.50. The van der Waals surface area contributed by atoms with Gasteiger partial charge in [0.15, 0.2) is 17.3 Å². The molecule has 0 atom stereocenters. The van der Waals surface area contributed by atoms with Gasteiger partial charge < -0.3 is 9.47 Å². The van der Waals surface area contributed by atoms with Crippen LogP contribution in [0.1, 0.15) is 16.7 Å². The lowest BCUT2D eigenvalue weighted by molar-refractivity contribution is 0.356. The summed E-state index contributed by atoms with van der Waals surface area (Å²) in [5.41, 5.74) is 5.02. The third-order valence-corrected chi connectivity index (χ3v) is 7.66. The Bertz CT molecular complexity index is 1720. The van der Waals surface area contributed by atoms with E-state index in [0.29, 0.717) is 35.0 Å². The molecule has 0 radical (unpaired) electrons. The second kappa shape index (κ2) is 10.5. The molecule has 0 fully saturated rings. The van der Waals surface area contributed by atoms with Crippen LogP contribution in [0.15, 0.2) is 90.2 Å². The Labute approximate surface area is 221 Å². The largest absolute Gasteiger partial charge is 0.493 e. The van der Waals surface area contributed by atoms with Crippen LogP contribution in [0.25, 0.3) is 22.3 Å². The van der Waals surface area contributed by atoms with Crippen molar-refractivity contribution in [2.24, 2.45) is 0 Å². The Balaban J connectivity index is 1.40. The van der Waals surface area contributed by atoms with Crippen LogP contribution in [-0.2, 0) is 16.4 Å². The number of sulfonamides is 1. The smallest absolute Gasteiger partial charge is 0.261 e. The van der Waals surface area contributed by atoms with Crippen molar-refractivity contribution in [1.29, 1.82) is 0 Å². The maximum Gasteiger partial charge on any atom is 0.261 e. The van der Waals surface area contributed by atoms with Crippen molar-refractivity contribution >= 4 is 26.6 Å². The molecule has 0 aliphatic carbocycles. The molecule has 0 aliphatic rings. The molecule has 0 amide bonds. The Morgan fingerprint density at radius 2 is 1.55 bits per heavy atom. The number of benzene rings is 3. The van der Waals surface area contributed by atoms with Crippen LogP contribution >= 0.6 is 0 Å². The third kappa shape index (κ3) is 5.14. The molecule has 9 heteroatoms. The van der Waals surface area contributed by atoms with Crippen LogP contribution in [0, 0.1) is 6.92 Å². The van der Waals surface area contributed by atoms with Crippen molar-refractivity contribution in [3.63, 3.8) is 0 Å². The maximum absolute atomic E-state index is 13.2. The lowest BCUT2D eigenvalue weighted by Crippen LogP contribution is -2.13. The molecule has 2 aromatic heterocycles. The lowest BCUT2D eigenvalue weighted by Gasteiger charge is -2.14. The van der Waals surface area contributed by atoms with Crippen molar-refractivity contribution in [1.82, 2.24) is 15.0 Å². The highest BCUT2D eigenvalue weighted by molar-refractivity contribution is 7.92. The molecular formula is C29H26N4O4S. The molecule has 5 rings (SSSR count). The minimum absolute atomic E-state index is 0.136. The molecule has 0 saturated heterocycles. The number of pyridine rings is 1. The molecule has 3 aromatic carbocycles. The first kappa shape index (κ1) is 25.2. The van der Waals surface area contributed by atoms with E-state index in [1.165, 1.54) is 0 Å². The average molecular weight is 527 g/mol. The molecule has 5 aromatic rings. The van der Waals surface area contributed by atoms with Crippen molar-refractivity contribution in [2.45, 2.75) is 18.2 Å². The SMILES string of the molecule is COc1cc2nccc(Cc3ccc(NS(=O)(=O)c4cccc(-c5ncccn5)c4)cc3C)c2cc1OC. The number of aromatic nitrogens is 3. The number of hydrogen-bond acceptors (Lipinski definition) is 7. The third-order valence-electron chi connectivity index (χ3n) is 6.28. The summed E-state index contributed by atoms with van der Waals surface area (Å²) in [5.74, 6) is 1.72. The minimum atomic E-state index is -3.82. The van der Waals surface area contributed by atoms with Gasteiger partial charge in [-0.3, -0.25) is 9.71 Å². The van der Waals surface area contributed by atoms with Crippen LogP contribution in [0.3, 0.4) is 0 Å². The number of aryl methyl sites for hydroxylation is 1. The zero-order chi connectivity index (χ0) is 26.7. The van der Waals surface area contributed by atoms with E-state index in [1.807, 2.05) is 37.3 Å². The number of nitrogens with zero attached hydrogens (tertiary/aromatic N) is 3. The Kier molecular flexibility index (Phi) is 6.93. The number of ether oxygens (including phenoxy) is 2. The summed E-state index contributed by atoms with van der Waals surface area (Å²) in [6.07, 6.45) is 5.66. The van der Waals surface area contributed by atoms with Crippen LogP contribution in [-0.4, -0.2) is 37.6 Å². The minimum Gasteiger partial charge on any atom is -0.493 e. The van der Waals surface area contributed by atoms with Gasteiger partial charge in [-0.2, -0.15) is 0 Å². The van der Waals surface area contributed by atoms with Crippen LogP contribution in [0.4, 0.5) is 5.69 Å². The molecule has 0 aliphatic heterocycles. The Morgan fingerprint density at radius 3 is 2.29 bits per heavy atom. The number of fused-ring (bicyclic) bond motifs is 1. The molecule has 8 nitrogen and oxygen atoms in total. The summed E-state index contributed by atoms with van der Waals surface area (Å²) in [6, 6.07) is 19.6. The normalized spacial score (nSPS) is 11.3. The van der Waals surface area contributed by atoms with E-state index in [-0.39, 0.29) is 4.90 Å². The highest BCUT2D eigenvalue weighted by atomic mass is 32.2. The number of rotatable bonds is 8. The summed E-state index contributed by atoms with van der Waals surface area (Å²) in [4.78, 5) is 13.0. The van der Waals surface area contributed by atoms with E-state index < -0.39 is 10.0 Å². The fourth-order valence-corrected chi connectivity index (χ4v) is 5.41. The van der Waals surface area contributed by atoms with Gasteiger partial charge in [0, 0.05) is 41.3 Å². The van der Waals surface area contributed by atoms with Gasteiger partial charge in [0.1, 0.15) is 0 Å². The monoisotopic (exact) mass is 526 g/mol. The van der Waals surface area contributed by atoms with Gasteiger partial charge in [-0.05, 0) is 72.5 Å². The summed E-state index contributed by atoms with van der Waals surface area (Å²) in [7, 11) is -0.610. The maximum atomic E-state index is 13.2. The predicted molar refractivity (Wildman–Crippen MR) is 147 cm³/mol. The van der Waals surface area contributed by atoms with Gasteiger partial charge in [0.05, 0.1) is 24.6 Å². The van der Waals surface area contributed by atoms with E-state index in [4.69, 9.17) is 9.47 Å². The van der Waals surface area contributed by atoms with Crippen LogP contribution in [0.2, 0.25) is 0 Å². The number of nitrogens with one attached hydrogen (secondary N) is 1. The molecule has 0 spiro atoms. The van der Waals surface area contributed by atoms with E-state index in [0.717, 1.165) is 27.6 Å². The second-order valence-corrected chi connectivity index (χ2v) is 10.4. The van der Waals surface area contributed by atoms with Crippen LogP contribution in [0.5, 0.6) is 11.5 Å². The molecule has 38 heavy (non-hydrogen) atoms. The molecule has 0 saturated carbocycles. The standard InChI is InChI=1S/C29H26N4O4S/c1-19-14-23(33-38(34,35)24-7-4-6-22(16-24)29-31-11-5-12-32-29)9-8-20(19)15-21-10-13-30-26-18-28(37-3)27(36-2)17-25(21)26/h4-14,16-18,33H,15H2,1-3H3. The highest BCUT2D eigenvalue weighted by Gasteiger charge is 2.17. The van der Waals surface area contributed by atoms with Gasteiger partial charge in [-0.15, -0.1) is 0 Å². The molecular weight excluding hydrogens is 500 g/mol. The first-order valence-electron chi connectivity index (χ1n) is 11.9. The topological polar surface area (TPSA) is 103 Å². The van der Waals surface area contributed by atoms with Crippen molar-refractivity contribution in [3.8, 4) is 22.9 Å². The summed E-state index contributed by atoms with van der Waals surface area (Å²) in [6.45, 7) is 1.97. The molecule has 192 valence electrons. The Morgan fingerprint density at radius 1 is 0.789 bits per heavy atom. The number of methoxy groups -OCH3 is 2. The van der Waals surface area contributed by atoms with E-state index in [9.17, 15) is 8.42 Å². The van der Waals surface area contributed by atoms with E-state index in [2.05, 4.69) is 19.7 Å². The quantitative estimate of drug-likeness (QED) is 0.288.